The molecule has 0 aromatic carbocycles. The van der Waals surface area contributed by atoms with Crippen molar-refractivity contribution in [1.29, 1.82) is 0 Å². The van der Waals surface area contributed by atoms with Gasteiger partial charge in [0.15, 0.2) is 6.10 Å². The molecule has 2 aliphatic rings. The quantitative estimate of drug-likeness (QED) is 0.0203. The maximum absolute atomic E-state index is 14.8. The van der Waals surface area contributed by atoms with Gasteiger partial charge in [0.2, 0.25) is 65.0 Å². The lowest BCUT2D eigenvalue weighted by Gasteiger charge is -2.34. The Bertz CT molecular complexity index is 2700. The van der Waals surface area contributed by atoms with E-state index >= 15 is 0 Å². The van der Waals surface area contributed by atoms with Gasteiger partial charge in [-0.15, -0.1) is 0 Å². The van der Waals surface area contributed by atoms with Gasteiger partial charge in [-0.25, -0.2) is 4.79 Å². The summed E-state index contributed by atoms with van der Waals surface area (Å²) in [7, 11) is 0. The number of aliphatic hydroxyl groups excluding tert-OH is 1. The molecule has 0 aromatic heterocycles. The molecule has 32 nitrogen and oxygen atoms in total. The van der Waals surface area contributed by atoms with Crippen LogP contribution in [0, 0.1) is 29.6 Å². The van der Waals surface area contributed by atoms with E-state index in [0.717, 1.165) is 36.8 Å². The molecule has 14 atom stereocenters. The van der Waals surface area contributed by atoms with E-state index in [1.807, 2.05) is 22.9 Å². The number of allylic oxidation sites excluding steroid dienone is 4. The molecule has 32 heteroatoms. The van der Waals surface area contributed by atoms with Crippen LogP contribution in [0.1, 0.15) is 114 Å². The SMILES string of the molecule is C=C(CC)CC/C=C\C=C\C(=O)N[C@H](C(=O)N[C@@H]1C(=O)N[C@H](C(C)C)C(=O)N[C@@H](CCCCN)C(=O)N[C@@H](C(O)C(=O)O)C(=O)N[C@@H](CC(=O)O)C(=O)NCC(=O)N[C@H](C(C)C(=O)O)C(=O)N[C@@H](C(C)C)C(=O)N2C[C@H](C)C[C@H]2C(=O)NC1C)C(C)C(=O)O. The van der Waals surface area contributed by atoms with Crippen LogP contribution >= 0.6 is 0 Å². The highest BCUT2D eigenvalue weighted by Gasteiger charge is 2.45. The number of unbranched alkanes of at least 4 members (excludes halogenated alkanes) is 1. The second-order valence-corrected chi connectivity index (χ2v) is 22.8. The van der Waals surface area contributed by atoms with E-state index in [4.69, 9.17) is 5.73 Å². The zero-order chi connectivity index (χ0) is 67.7. The molecule has 0 spiro atoms. The molecule has 17 N–H and O–H groups in total. The third kappa shape index (κ3) is 24.0. The second kappa shape index (κ2) is 36.5. The van der Waals surface area contributed by atoms with Crippen molar-refractivity contribution in [2.24, 2.45) is 35.3 Å². The van der Waals surface area contributed by atoms with E-state index in [9.17, 15) is 97.5 Å². The standard InChI is InChI=1S/C57H88N12O20/c1-11-28(6)18-14-12-13-15-20-36(70)63-41(30(8)55(84)85)51(80)67-43-32(10)60-48(77)35-22-29(7)25-69(35)54(83)40(27(4)5)66-50(79)42(31(9)56(86)87)64-37(71)24-59-46(75)34(23-38(72)73)62-53(82)44(45(74)57(88)89)68-47(76)33(19-16-17-21-58)61-49(78)39(26(2)3)65-52(43)81/h12-13,15,20,26-27,29-35,39-45,74H,6,11,14,16-19,21-25,58H2,1-5,7-10H3,(H,59,75)(H,60,77)(H,61,78)(H,62,82)(H,63,70)(H,64,71)(H,65,81)(H,66,79)(H,67,80)(H,68,76)(H,72,73)(H,84,85)(H,86,87)(H,88,89)/b13-12-,20-15+/t29-,30?,31?,32?,33+,34+,35+,39-,40+,41+,42-,43+,44+,45?/m1/s1. The number of carboxylic acids is 4. The van der Waals surface area contributed by atoms with Crippen LogP contribution in [-0.2, 0) is 71.9 Å². The molecule has 0 bridgehead atoms. The van der Waals surface area contributed by atoms with Crippen molar-refractivity contribution in [2.75, 3.05) is 19.6 Å². The van der Waals surface area contributed by atoms with Crippen molar-refractivity contribution in [2.45, 2.75) is 180 Å². The third-order valence-electron chi connectivity index (χ3n) is 14.8. The fourth-order valence-electron chi connectivity index (χ4n) is 9.29. The predicted molar refractivity (Wildman–Crippen MR) is 314 cm³/mol. The maximum Gasteiger partial charge on any atom is 0.335 e. The topological polar surface area (TPSA) is 507 Å². The van der Waals surface area contributed by atoms with Gasteiger partial charge in [0.1, 0.15) is 54.4 Å². The number of aliphatic hydroxyl groups is 1. The van der Waals surface area contributed by atoms with Crippen LogP contribution in [-0.4, -0.2) is 205 Å². The summed E-state index contributed by atoms with van der Waals surface area (Å²) in [5.74, 6) is -26.1. The van der Waals surface area contributed by atoms with Crippen molar-refractivity contribution in [1.82, 2.24) is 58.1 Å². The highest BCUT2D eigenvalue weighted by atomic mass is 16.4. The average molecular weight is 1260 g/mol. The van der Waals surface area contributed by atoms with Gasteiger partial charge in [-0.3, -0.25) is 67.1 Å². The fraction of sp³-hybridized carbons (Fsp3) is 0.632. The van der Waals surface area contributed by atoms with E-state index in [1.165, 1.54) is 40.7 Å². The summed E-state index contributed by atoms with van der Waals surface area (Å²) in [4.78, 5) is 205. The van der Waals surface area contributed by atoms with Crippen molar-refractivity contribution in [3.8, 4) is 0 Å². The number of rotatable bonds is 23. The molecule has 4 unspecified atom stereocenters. The largest absolute Gasteiger partial charge is 0.481 e. The number of carboxylic acid groups (broad SMARTS) is 4. The van der Waals surface area contributed by atoms with E-state index in [1.54, 1.807) is 19.1 Å². The Morgan fingerprint density at radius 2 is 1.27 bits per heavy atom. The number of hydrogen-bond acceptors (Lipinski definition) is 17. The number of carbonyl (C=O) groups excluding carboxylic acids is 11. The monoisotopic (exact) mass is 1260 g/mol. The van der Waals surface area contributed by atoms with Gasteiger partial charge >= 0.3 is 23.9 Å². The molecule has 2 aliphatic heterocycles. The Labute approximate surface area is 514 Å². The summed E-state index contributed by atoms with van der Waals surface area (Å²) in [6.45, 7) is 15.6. The lowest BCUT2D eigenvalue weighted by Crippen LogP contribution is -2.65. The summed E-state index contributed by atoms with van der Waals surface area (Å²) in [6, 6.07) is -18.6. The molecule has 0 saturated carbocycles. The van der Waals surface area contributed by atoms with Gasteiger partial charge in [-0.05, 0) is 90.0 Å². The van der Waals surface area contributed by atoms with Crippen molar-refractivity contribution < 1.29 is 97.5 Å². The molecule has 89 heavy (non-hydrogen) atoms. The lowest BCUT2D eigenvalue weighted by molar-refractivity contribution is -0.153. The molecule has 0 radical (unpaired) electrons. The lowest BCUT2D eigenvalue weighted by atomic mass is 9.97. The molecule has 0 aromatic rings. The number of hydrogen-bond donors (Lipinski definition) is 16. The number of nitrogens with one attached hydrogen (secondary N) is 10. The first-order valence-electron chi connectivity index (χ1n) is 29.2. The van der Waals surface area contributed by atoms with Gasteiger partial charge in [0.05, 0.1) is 30.8 Å². The fourth-order valence-corrected chi connectivity index (χ4v) is 9.29. The first-order valence-corrected chi connectivity index (χ1v) is 29.2. The number of fused-ring (bicyclic) bond motifs is 1. The van der Waals surface area contributed by atoms with Gasteiger partial charge in [-0.2, -0.15) is 0 Å². The first kappa shape index (κ1) is 76.3. The zero-order valence-corrected chi connectivity index (χ0v) is 51.4. The number of nitrogens with two attached hydrogens (primary N) is 1. The highest BCUT2D eigenvalue weighted by molar-refractivity contribution is 6.02. The Hall–Kier alpha value is -8.81. The number of aliphatic carboxylic acids is 4. The van der Waals surface area contributed by atoms with E-state index in [0.29, 0.717) is 12.8 Å². The van der Waals surface area contributed by atoms with E-state index in [-0.39, 0.29) is 38.8 Å². The van der Waals surface area contributed by atoms with E-state index in [2.05, 4.69) is 43.8 Å². The third-order valence-corrected chi connectivity index (χ3v) is 14.8. The predicted octanol–water partition coefficient (Wildman–Crippen LogP) is -3.60. The molecule has 496 valence electrons. The number of carbonyl (C=O) groups is 15. The zero-order valence-electron chi connectivity index (χ0n) is 51.4. The minimum atomic E-state index is -2.84. The van der Waals surface area contributed by atoms with Gasteiger partial charge in [0.25, 0.3) is 0 Å². The molecule has 2 heterocycles. The Morgan fingerprint density at radius 3 is 1.83 bits per heavy atom. The Kier molecular flexibility index (Phi) is 31.3. The normalized spacial score (nSPS) is 25.7. The Morgan fingerprint density at radius 1 is 0.685 bits per heavy atom. The summed E-state index contributed by atoms with van der Waals surface area (Å²) < 4.78 is 0. The van der Waals surface area contributed by atoms with Crippen LogP contribution in [0.2, 0.25) is 0 Å². The van der Waals surface area contributed by atoms with Crippen LogP contribution in [0.3, 0.4) is 0 Å². The molecule has 0 aliphatic carbocycles. The molecular formula is C57H88N12O20. The van der Waals surface area contributed by atoms with Crippen LogP contribution in [0.15, 0.2) is 36.5 Å². The molecule has 2 saturated heterocycles. The Balaban J connectivity index is 2.96. The van der Waals surface area contributed by atoms with Gasteiger partial charge in [-0.1, -0.05) is 71.9 Å². The molecule has 11 amide bonds. The van der Waals surface area contributed by atoms with Crippen LogP contribution in [0.4, 0.5) is 0 Å². The minimum Gasteiger partial charge on any atom is -0.481 e. The summed E-state index contributed by atoms with van der Waals surface area (Å²) in [6.07, 6.45) is 3.48. The smallest absolute Gasteiger partial charge is 0.335 e. The first-order chi connectivity index (χ1) is 41.6. The summed E-state index contributed by atoms with van der Waals surface area (Å²) in [5, 5.41) is 73.1. The van der Waals surface area contributed by atoms with Crippen molar-refractivity contribution in [3.05, 3.63) is 36.5 Å². The maximum atomic E-state index is 14.8. The minimum absolute atomic E-state index is 0.0314. The van der Waals surface area contributed by atoms with Crippen LogP contribution < -0.4 is 58.9 Å². The summed E-state index contributed by atoms with van der Waals surface area (Å²) in [5.41, 5.74) is 6.69. The number of nitrogens with zero attached hydrogens (tertiary/aromatic N) is 1. The molecular weight excluding hydrogens is 1170 g/mol. The van der Waals surface area contributed by atoms with Crippen molar-refractivity contribution >= 4 is 88.9 Å². The summed E-state index contributed by atoms with van der Waals surface area (Å²) >= 11 is 0. The number of amides is 11. The van der Waals surface area contributed by atoms with E-state index < -0.39 is 198 Å². The highest BCUT2D eigenvalue weighted by Crippen LogP contribution is 2.26. The van der Waals surface area contributed by atoms with Gasteiger partial charge in [0, 0.05) is 12.6 Å². The van der Waals surface area contributed by atoms with Gasteiger partial charge < -0.3 is 89.3 Å². The van der Waals surface area contributed by atoms with Crippen molar-refractivity contribution in [3.63, 3.8) is 0 Å². The van der Waals surface area contributed by atoms with Crippen LogP contribution in [0.5, 0.6) is 0 Å². The second-order valence-electron chi connectivity index (χ2n) is 22.8. The van der Waals surface area contributed by atoms with Crippen LogP contribution in [0.25, 0.3) is 0 Å². The molecule has 2 fully saturated rings. The average Bonchev–Trinajstić information content (AvgIpc) is 2.39. The molecule has 2 rings (SSSR count).